The van der Waals surface area contributed by atoms with E-state index in [1.165, 1.54) is 0 Å². The average molecular weight is 310 g/mol. The van der Waals surface area contributed by atoms with Crippen molar-refractivity contribution in [2.75, 3.05) is 32.8 Å². The van der Waals surface area contributed by atoms with Crippen molar-refractivity contribution in [3.63, 3.8) is 0 Å². The van der Waals surface area contributed by atoms with Crippen LogP contribution in [0.4, 0.5) is 0 Å². The summed E-state index contributed by atoms with van der Waals surface area (Å²) >= 11 is 0. The molecule has 0 saturated carbocycles. The second kappa shape index (κ2) is 8.15. The molecule has 2 rings (SSSR count). The van der Waals surface area contributed by atoms with Gasteiger partial charge in [0, 0.05) is 33.1 Å². The predicted molar refractivity (Wildman–Crippen MR) is 81.0 cm³/mol. The maximum Gasteiger partial charge on any atom is 0.309 e. The first-order valence-corrected chi connectivity index (χ1v) is 8.28. The number of likely N-dealkylation sites (tertiary alicyclic amines) is 2. The molecule has 2 aliphatic heterocycles. The monoisotopic (exact) mass is 310 g/mol. The molecule has 6 heteroatoms. The molecule has 2 heterocycles. The highest BCUT2D eigenvalue weighted by Crippen LogP contribution is 2.19. The van der Waals surface area contributed by atoms with Gasteiger partial charge in [0.05, 0.1) is 5.92 Å². The molecule has 6 nitrogen and oxygen atoms in total. The van der Waals surface area contributed by atoms with Crippen LogP contribution in [-0.2, 0) is 19.1 Å². The van der Waals surface area contributed by atoms with Crippen LogP contribution in [-0.4, -0.2) is 60.4 Å². The molecule has 0 spiro atoms. The van der Waals surface area contributed by atoms with Gasteiger partial charge in [-0.1, -0.05) is 12.8 Å². The number of carbonyl (C=O) groups is 3. The van der Waals surface area contributed by atoms with Crippen LogP contribution in [0.15, 0.2) is 0 Å². The highest BCUT2D eigenvalue weighted by molar-refractivity contribution is 5.81. The maximum atomic E-state index is 12.1. The molecule has 124 valence electrons. The first-order chi connectivity index (χ1) is 10.6. The van der Waals surface area contributed by atoms with Crippen molar-refractivity contribution in [3.8, 4) is 0 Å². The summed E-state index contributed by atoms with van der Waals surface area (Å²) in [5.74, 6) is -0.529. The van der Waals surface area contributed by atoms with Crippen molar-refractivity contribution in [1.29, 1.82) is 0 Å². The van der Waals surface area contributed by atoms with Gasteiger partial charge in [0.15, 0.2) is 6.61 Å². The molecule has 22 heavy (non-hydrogen) atoms. The van der Waals surface area contributed by atoms with E-state index >= 15 is 0 Å². The predicted octanol–water partition coefficient (Wildman–Crippen LogP) is 1.19. The van der Waals surface area contributed by atoms with Crippen LogP contribution in [0.2, 0.25) is 0 Å². The van der Waals surface area contributed by atoms with Crippen molar-refractivity contribution in [2.24, 2.45) is 5.92 Å². The third-order valence-electron chi connectivity index (χ3n) is 4.57. The Balaban J connectivity index is 1.71. The Morgan fingerprint density at radius 2 is 1.50 bits per heavy atom. The number of nitrogens with zero attached hydrogens (tertiary/aromatic N) is 2. The highest BCUT2D eigenvalue weighted by Gasteiger charge is 2.28. The van der Waals surface area contributed by atoms with Gasteiger partial charge in [-0.25, -0.2) is 0 Å². The van der Waals surface area contributed by atoms with Crippen molar-refractivity contribution in [1.82, 2.24) is 9.80 Å². The molecule has 0 atom stereocenters. The van der Waals surface area contributed by atoms with Gasteiger partial charge in [0.2, 0.25) is 5.91 Å². The van der Waals surface area contributed by atoms with Crippen molar-refractivity contribution < 1.29 is 19.1 Å². The van der Waals surface area contributed by atoms with Gasteiger partial charge in [-0.05, 0) is 25.7 Å². The SMILES string of the molecule is CC(=O)N1CCC(C(=O)OCC(=O)N2CCCCCC2)CC1. The quantitative estimate of drug-likeness (QED) is 0.734. The standard InChI is InChI=1S/C16H26N2O4/c1-13(19)17-10-6-14(7-11-17)16(21)22-12-15(20)18-8-4-2-3-5-9-18/h14H,2-12H2,1H3. The second-order valence-electron chi connectivity index (χ2n) is 6.18. The summed E-state index contributed by atoms with van der Waals surface area (Å²) in [6.07, 6.45) is 5.63. The molecular weight excluding hydrogens is 284 g/mol. The Hall–Kier alpha value is -1.59. The lowest BCUT2D eigenvalue weighted by atomic mass is 9.97. The Morgan fingerprint density at radius 3 is 2.05 bits per heavy atom. The van der Waals surface area contributed by atoms with Gasteiger partial charge in [0.25, 0.3) is 5.91 Å². The van der Waals surface area contributed by atoms with E-state index in [0.29, 0.717) is 25.9 Å². The summed E-state index contributed by atoms with van der Waals surface area (Å²) in [4.78, 5) is 38.9. The van der Waals surface area contributed by atoms with Crippen LogP contribution in [0.25, 0.3) is 0 Å². The fourth-order valence-electron chi connectivity index (χ4n) is 3.09. The number of hydrogen-bond acceptors (Lipinski definition) is 4. The molecule has 0 aromatic rings. The second-order valence-corrected chi connectivity index (χ2v) is 6.18. The van der Waals surface area contributed by atoms with Crippen LogP contribution < -0.4 is 0 Å². The van der Waals surface area contributed by atoms with E-state index in [1.54, 1.807) is 16.7 Å². The third-order valence-corrected chi connectivity index (χ3v) is 4.57. The number of piperidine rings is 1. The lowest BCUT2D eigenvalue weighted by molar-refractivity contribution is -0.157. The molecule has 2 amide bonds. The maximum absolute atomic E-state index is 12.1. The van der Waals surface area contributed by atoms with E-state index in [4.69, 9.17) is 4.74 Å². The average Bonchev–Trinajstić information content (AvgIpc) is 2.81. The number of rotatable bonds is 3. The van der Waals surface area contributed by atoms with Crippen LogP contribution in [0.3, 0.4) is 0 Å². The van der Waals surface area contributed by atoms with Gasteiger partial charge in [-0.3, -0.25) is 14.4 Å². The minimum atomic E-state index is -0.300. The smallest absolute Gasteiger partial charge is 0.309 e. The molecule has 2 saturated heterocycles. The Labute approximate surface area is 131 Å². The largest absolute Gasteiger partial charge is 0.455 e. The molecule has 0 radical (unpaired) electrons. The molecule has 2 aliphatic rings. The van der Waals surface area contributed by atoms with E-state index in [0.717, 1.165) is 38.8 Å². The zero-order valence-electron chi connectivity index (χ0n) is 13.4. The topological polar surface area (TPSA) is 66.9 Å². The molecule has 0 bridgehead atoms. The van der Waals surface area contributed by atoms with Gasteiger partial charge in [-0.2, -0.15) is 0 Å². The van der Waals surface area contributed by atoms with Crippen molar-refractivity contribution in [2.45, 2.75) is 45.4 Å². The van der Waals surface area contributed by atoms with Crippen LogP contribution >= 0.6 is 0 Å². The number of hydrogen-bond donors (Lipinski definition) is 0. The fraction of sp³-hybridized carbons (Fsp3) is 0.812. The minimum absolute atomic E-state index is 0.0446. The number of carbonyl (C=O) groups excluding carboxylic acids is 3. The number of amides is 2. The van der Waals surface area contributed by atoms with Crippen LogP contribution in [0.1, 0.15) is 45.4 Å². The van der Waals surface area contributed by atoms with Gasteiger partial charge < -0.3 is 14.5 Å². The fourth-order valence-corrected chi connectivity index (χ4v) is 3.09. The Bertz CT molecular complexity index is 408. The number of ether oxygens (including phenoxy) is 1. The molecule has 0 aromatic heterocycles. The van der Waals surface area contributed by atoms with Crippen molar-refractivity contribution in [3.05, 3.63) is 0 Å². The summed E-state index contributed by atoms with van der Waals surface area (Å²) in [5.41, 5.74) is 0. The van der Waals surface area contributed by atoms with Gasteiger partial charge in [0.1, 0.15) is 0 Å². The summed E-state index contributed by atoms with van der Waals surface area (Å²) < 4.78 is 5.20. The first-order valence-electron chi connectivity index (χ1n) is 8.28. The first kappa shape index (κ1) is 16.8. The van der Waals surface area contributed by atoms with E-state index in [-0.39, 0.29) is 30.3 Å². The molecule has 0 aliphatic carbocycles. The van der Waals surface area contributed by atoms with E-state index in [2.05, 4.69) is 0 Å². The van der Waals surface area contributed by atoms with Crippen LogP contribution in [0.5, 0.6) is 0 Å². The summed E-state index contributed by atoms with van der Waals surface area (Å²) in [5, 5.41) is 0. The van der Waals surface area contributed by atoms with Gasteiger partial charge in [-0.15, -0.1) is 0 Å². The zero-order chi connectivity index (χ0) is 15.9. The summed E-state index contributed by atoms with van der Waals surface area (Å²) in [7, 11) is 0. The normalized spacial score (nSPS) is 20.4. The minimum Gasteiger partial charge on any atom is -0.455 e. The molecule has 0 aromatic carbocycles. The van der Waals surface area contributed by atoms with E-state index in [1.807, 2.05) is 0 Å². The summed E-state index contributed by atoms with van der Waals surface area (Å²) in [6, 6.07) is 0. The van der Waals surface area contributed by atoms with E-state index in [9.17, 15) is 14.4 Å². The summed E-state index contributed by atoms with van der Waals surface area (Å²) in [6.45, 7) is 4.12. The third kappa shape index (κ3) is 4.71. The Morgan fingerprint density at radius 1 is 0.909 bits per heavy atom. The van der Waals surface area contributed by atoms with Crippen LogP contribution in [0, 0.1) is 5.92 Å². The molecule has 2 fully saturated rings. The molecule has 0 N–H and O–H groups in total. The Kier molecular flexibility index (Phi) is 6.21. The molecular formula is C16H26N2O4. The number of esters is 1. The lowest BCUT2D eigenvalue weighted by Crippen LogP contribution is -2.40. The van der Waals surface area contributed by atoms with Gasteiger partial charge >= 0.3 is 5.97 Å². The van der Waals surface area contributed by atoms with Crippen molar-refractivity contribution >= 4 is 17.8 Å². The molecule has 0 unspecified atom stereocenters. The highest BCUT2D eigenvalue weighted by atomic mass is 16.5. The van der Waals surface area contributed by atoms with E-state index < -0.39 is 0 Å². The zero-order valence-corrected chi connectivity index (χ0v) is 13.4. The lowest BCUT2D eigenvalue weighted by Gasteiger charge is -2.30.